The van der Waals surface area contributed by atoms with Crippen LogP contribution < -0.4 is 0 Å². The topological polar surface area (TPSA) is 26.3 Å². The van der Waals surface area contributed by atoms with Gasteiger partial charge in [0.2, 0.25) is 0 Å². The lowest BCUT2D eigenvalue weighted by molar-refractivity contribution is 0.526. The first-order chi connectivity index (χ1) is 7.27. The van der Waals surface area contributed by atoms with E-state index in [1.807, 2.05) is 26.0 Å². The van der Waals surface area contributed by atoms with Gasteiger partial charge in [-0.15, -0.1) is 0 Å². The summed E-state index contributed by atoms with van der Waals surface area (Å²) in [6.45, 7) is 3.94. The van der Waals surface area contributed by atoms with E-state index in [4.69, 9.17) is 8.83 Å². The van der Waals surface area contributed by atoms with Crippen LogP contribution in [-0.4, -0.2) is 0 Å². The molecule has 0 saturated heterocycles. The van der Waals surface area contributed by atoms with Gasteiger partial charge in [-0.2, -0.15) is 0 Å². The molecule has 0 aromatic carbocycles. The maximum absolute atomic E-state index is 5.21. The van der Waals surface area contributed by atoms with Gasteiger partial charge < -0.3 is 8.83 Å². The van der Waals surface area contributed by atoms with E-state index in [0.29, 0.717) is 0 Å². The molecule has 0 aliphatic carbocycles. The predicted octanol–water partition coefficient (Wildman–Crippen LogP) is 4.94. The lowest BCUT2D eigenvalue weighted by atomic mass is 10.5. The Hall–Kier alpha value is -0.390. The van der Waals surface area contributed by atoms with Crippen LogP contribution in [-0.2, 0) is 0 Å². The first kappa shape index (κ1) is 11.1. The quantitative estimate of drug-likeness (QED) is 0.724. The van der Waals surface area contributed by atoms with Gasteiger partial charge in [0.25, 0.3) is 0 Å². The molecule has 0 unspecified atom stereocenters. The molecule has 0 saturated carbocycles. The zero-order valence-electron chi connectivity index (χ0n) is 8.35. The molecule has 0 fully saturated rings. The van der Waals surface area contributed by atoms with Crippen LogP contribution in [0.1, 0.15) is 11.5 Å². The lowest BCUT2D eigenvalue weighted by Crippen LogP contribution is -1.66. The molecular formula is C10H10O2S3. The Kier molecular flexibility index (Phi) is 3.77. The Balaban J connectivity index is 1.86. The molecular weight excluding hydrogens is 248 g/mol. The van der Waals surface area contributed by atoms with E-state index in [0.717, 1.165) is 11.5 Å². The van der Waals surface area contributed by atoms with Crippen molar-refractivity contribution in [1.82, 2.24) is 0 Å². The van der Waals surface area contributed by atoms with Gasteiger partial charge in [-0.25, -0.2) is 0 Å². The van der Waals surface area contributed by atoms with Crippen LogP contribution >= 0.6 is 31.4 Å². The van der Waals surface area contributed by atoms with Gasteiger partial charge in [0.15, 0.2) is 0 Å². The molecule has 2 nitrogen and oxygen atoms in total. The van der Waals surface area contributed by atoms with Crippen molar-refractivity contribution in [3.63, 3.8) is 0 Å². The third-order valence-electron chi connectivity index (χ3n) is 1.87. The Morgan fingerprint density at radius 1 is 0.867 bits per heavy atom. The Bertz CT molecular complexity index is 393. The summed E-state index contributed by atoms with van der Waals surface area (Å²) in [6.07, 6.45) is 3.43. The van der Waals surface area contributed by atoms with Gasteiger partial charge in [-0.05, 0) is 57.4 Å². The lowest BCUT2D eigenvalue weighted by Gasteiger charge is -1.97. The van der Waals surface area contributed by atoms with Gasteiger partial charge in [0.05, 0.1) is 22.3 Å². The Morgan fingerprint density at radius 3 is 1.67 bits per heavy atom. The van der Waals surface area contributed by atoms with Gasteiger partial charge in [0, 0.05) is 0 Å². The van der Waals surface area contributed by atoms with Crippen molar-refractivity contribution in [2.24, 2.45) is 0 Å². The molecule has 0 atom stereocenters. The number of aryl methyl sites for hydroxylation is 2. The van der Waals surface area contributed by atoms with Gasteiger partial charge in [-0.3, -0.25) is 0 Å². The third-order valence-corrected chi connectivity index (χ3v) is 5.92. The van der Waals surface area contributed by atoms with Crippen molar-refractivity contribution in [2.75, 3.05) is 0 Å². The highest BCUT2D eigenvalue weighted by Crippen LogP contribution is 2.46. The molecule has 0 aliphatic rings. The largest absolute Gasteiger partial charge is 0.468 e. The first-order valence-electron chi connectivity index (χ1n) is 4.37. The van der Waals surface area contributed by atoms with E-state index >= 15 is 0 Å². The molecule has 2 rings (SSSR count). The van der Waals surface area contributed by atoms with Crippen LogP contribution in [0.15, 0.2) is 43.3 Å². The minimum absolute atomic E-state index is 0.969. The fourth-order valence-electron chi connectivity index (χ4n) is 1.01. The molecule has 2 aromatic heterocycles. The van der Waals surface area contributed by atoms with Gasteiger partial charge >= 0.3 is 0 Å². The van der Waals surface area contributed by atoms with Crippen LogP contribution in [0.2, 0.25) is 0 Å². The molecule has 5 heteroatoms. The van der Waals surface area contributed by atoms with Crippen LogP contribution in [0.4, 0.5) is 0 Å². The van der Waals surface area contributed by atoms with Crippen molar-refractivity contribution < 1.29 is 8.83 Å². The molecule has 0 spiro atoms. The highest BCUT2D eigenvalue weighted by atomic mass is 33.5. The first-order valence-corrected chi connectivity index (χ1v) is 7.85. The number of furan rings is 2. The second-order valence-corrected chi connectivity index (χ2v) is 6.90. The SMILES string of the molecule is Cc1occc1SSSc1ccoc1C. The third kappa shape index (κ3) is 2.80. The summed E-state index contributed by atoms with van der Waals surface area (Å²) in [5.74, 6) is 1.94. The summed E-state index contributed by atoms with van der Waals surface area (Å²) in [5.41, 5.74) is 0. The maximum atomic E-state index is 5.21. The summed E-state index contributed by atoms with van der Waals surface area (Å²) in [6, 6.07) is 3.96. The van der Waals surface area contributed by atoms with E-state index in [2.05, 4.69) is 0 Å². The number of hydrogen-bond donors (Lipinski definition) is 0. The fourth-order valence-corrected chi connectivity index (χ4v) is 4.95. The Morgan fingerprint density at radius 2 is 1.33 bits per heavy atom. The molecule has 0 radical (unpaired) electrons. The second kappa shape index (κ2) is 5.09. The average Bonchev–Trinajstić information content (AvgIpc) is 2.78. The zero-order chi connectivity index (χ0) is 10.7. The number of hydrogen-bond acceptors (Lipinski definition) is 5. The van der Waals surface area contributed by atoms with E-state index in [9.17, 15) is 0 Å². The molecule has 80 valence electrons. The summed E-state index contributed by atoms with van der Waals surface area (Å²) < 4.78 is 10.4. The average molecular weight is 258 g/mol. The summed E-state index contributed by atoms with van der Waals surface area (Å²) in [7, 11) is 5.12. The standard InChI is InChI=1S/C10H10O2S3/c1-7-9(3-5-11-7)13-15-14-10-4-6-12-8(10)2/h3-6H,1-2H3. The summed E-state index contributed by atoms with van der Waals surface area (Å²) in [5, 5.41) is 0. The minimum Gasteiger partial charge on any atom is -0.468 e. The monoisotopic (exact) mass is 258 g/mol. The van der Waals surface area contributed by atoms with Crippen LogP contribution in [0.5, 0.6) is 0 Å². The number of rotatable bonds is 4. The van der Waals surface area contributed by atoms with E-state index in [1.165, 1.54) is 9.79 Å². The van der Waals surface area contributed by atoms with Gasteiger partial charge in [0.1, 0.15) is 11.5 Å². The Labute approximate surface area is 100.0 Å². The second-order valence-electron chi connectivity index (χ2n) is 2.92. The fraction of sp³-hybridized carbons (Fsp3) is 0.200. The molecule has 15 heavy (non-hydrogen) atoms. The minimum atomic E-state index is 0.969. The summed E-state index contributed by atoms with van der Waals surface area (Å²) >= 11 is 0. The smallest absolute Gasteiger partial charge is 0.115 e. The van der Waals surface area contributed by atoms with Crippen LogP contribution in [0.3, 0.4) is 0 Å². The van der Waals surface area contributed by atoms with Crippen LogP contribution in [0, 0.1) is 13.8 Å². The predicted molar refractivity (Wildman–Crippen MR) is 66.2 cm³/mol. The molecule has 0 N–H and O–H groups in total. The maximum Gasteiger partial charge on any atom is 0.115 e. The summed E-state index contributed by atoms with van der Waals surface area (Å²) in [4.78, 5) is 2.35. The zero-order valence-corrected chi connectivity index (χ0v) is 10.8. The van der Waals surface area contributed by atoms with Crippen molar-refractivity contribution in [3.05, 3.63) is 36.2 Å². The molecule has 2 heterocycles. The molecule has 0 amide bonds. The normalized spacial score (nSPS) is 10.8. The highest BCUT2D eigenvalue weighted by Gasteiger charge is 2.06. The van der Waals surface area contributed by atoms with E-state index in [-0.39, 0.29) is 0 Å². The van der Waals surface area contributed by atoms with Crippen molar-refractivity contribution in [1.29, 1.82) is 0 Å². The van der Waals surface area contributed by atoms with Gasteiger partial charge in [-0.1, -0.05) is 0 Å². The van der Waals surface area contributed by atoms with E-state index in [1.54, 1.807) is 43.9 Å². The van der Waals surface area contributed by atoms with Crippen LogP contribution in [0.25, 0.3) is 0 Å². The van der Waals surface area contributed by atoms with E-state index < -0.39 is 0 Å². The van der Waals surface area contributed by atoms with Crippen molar-refractivity contribution in [3.8, 4) is 0 Å². The molecule has 0 bridgehead atoms. The van der Waals surface area contributed by atoms with Crippen molar-refractivity contribution in [2.45, 2.75) is 23.6 Å². The highest BCUT2D eigenvalue weighted by molar-refractivity contribution is 9.09. The van der Waals surface area contributed by atoms with Crippen molar-refractivity contribution >= 4 is 31.4 Å². The molecule has 2 aromatic rings. The molecule has 0 aliphatic heterocycles.